The molecule has 0 aliphatic carbocycles. The predicted molar refractivity (Wildman–Crippen MR) is 87.8 cm³/mol. The topological polar surface area (TPSA) is 84.2 Å². The highest BCUT2D eigenvalue weighted by Gasteiger charge is 2.16. The molecule has 0 aromatic heterocycles. The SMILES string of the molecule is CC(CN)C(=O)Nc1cccc(C(=O)NC(C)(C)C)c1.Cl. The number of rotatable bonds is 4. The second-order valence-electron chi connectivity index (χ2n) is 5.91. The second kappa shape index (κ2) is 8.00. The fraction of sp³-hybridized carbons (Fsp3) is 0.467. The Hall–Kier alpha value is -1.59. The van der Waals surface area contributed by atoms with Crippen LogP contribution in [0.15, 0.2) is 24.3 Å². The Kier molecular flexibility index (Phi) is 7.39. The summed E-state index contributed by atoms with van der Waals surface area (Å²) in [5, 5.41) is 5.63. The Morgan fingerprint density at radius 2 is 1.90 bits per heavy atom. The van der Waals surface area contributed by atoms with E-state index in [9.17, 15) is 9.59 Å². The van der Waals surface area contributed by atoms with E-state index in [0.717, 1.165) is 0 Å². The summed E-state index contributed by atoms with van der Waals surface area (Å²) in [7, 11) is 0. The highest BCUT2D eigenvalue weighted by molar-refractivity contribution is 5.97. The van der Waals surface area contributed by atoms with Gasteiger partial charge in [-0.15, -0.1) is 12.4 Å². The number of amides is 2. The summed E-state index contributed by atoms with van der Waals surface area (Å²) in [4.78, 5) is 23.8. The van der Waals surface area contributed by atoms with Gasteiger partial charge in [0.2, 0.25) is 5.91 Å². The zero-order valence-corrected chi connectivity index (χ0v) is 13.7. The molecular formula is C15H24ClN3O2. The largest absolute Gasteiger partial charge is 0.347 e. The van der Waals surface area contributed by atoms with Crippen molar-refractivity contribution in [2.45, 2.75) is 33.2 Å². The summed E-state index contributed by atoms with van der Waals surface area (Å²) in [5.74, 6) is -0.580. The maximum atomic E-state index is 12.0. The lowest BCUT2D eigenvalue weighted by molar-refractivity contribution is -0.119. The van der Waals surface area contributed by atoms with Crippen LogP contribution in [0.2, 0.25) is 0 Å². The summed E-state index contributed by atoms with van der Waals surface area (Å²) >= 11 is 0. The summed E-state index contributed by atoms with van der Waals surface area (Å²) in [6.07, 6.45) is 0. The molecule has 5 nitrogen and oxygen atoms in total. The average molecular weight is 314 g/mol. The van der Waals surface area contributed by atoms with E-state index in [4.69, 9.17) is 5.73 Å². The van der Waals surface area contributed by atoms with Gasteiger partial charge in [-0.1, -0.05) is 13.0 Å². The van der Waals surface area contributed by atoms with E-state index in [2.05, 4.69) is 10.6 Å². The predicted octanol–water partition coefficient (Wildman–Crippen LogP) is 2.17. The molecule has 0 heterocycles. The molecule has 2 amide bonds. The van der Waals surface area contributed by atoms with E-state index >= 15 is 0 Å². The van der Waals surface area contributed by atoms with E-state index in [1.165, 1.54) is 0 Å². The minimum absolute atomic E-state index is 0. The molecule has 0 aliphatic rings. The van der Waals surface area contributed by atoms with Gasteiger partial charge in [0.15, 0.2) is 0 Å². The number of hydrogen-bond acceptors (Lipinski definition) is 3. The second-order valence-corrected chi connectivity index (χ2v) is 5.91. The standard InChI is InChI=1S/C15H23N3O2.ClH/c1-10(9-16)13(19)17-12-7-5-6-11(8-12)14(20)18-15(2,3)4;/h5-8,10H,9,16H2,1-4H3,(H,17,19)(H,18,20);1H. The van der Waals surface area contributed by atoms with Crippen molar-refractivity contribution in [1.82, 2.24) is 5.32 Å². The normalized spacial score (nSPS) is 12.0. The third-order valence-corrected chi connectivity index (χ3v) is 2.68. The van der Waals surface area contributed by atoms with Gasteiger partial charge in [-0.05, 0) is 39.0 Å². The molecule has 1 atom stereocenters. The third kappa shape index (κ3) is 6.60. The van der Waals surface area contributed by atoms with Crippen LogP contribution in [0.1, 0.15) is 38.1 Å². The van der Waals surface area contributed by atoms with Crippen LogP contribution < -0.4 is 16.4 Å². The Bertz CT molecular complexity index is 498. The van der Waals surface area contributed by atoms with Crippen LogP contribution in [-0.4, -0.2) is 23.9 Å². The fourth-order valence-corrected chi connectivity index (χ4v) is 1.52. The van der Waals surface area contributed by atoms with Crippen molar-refractivity contribution in [2.75, 3.05) is 11.9 Å². The highest BCUT2D eigenvalue weighted by atomic mass is 35.5. The first kappa shape index (κ1) is 19.4. The van der Waals surface area contributed by atoms with Crippen LogP contribution in [0.25, 0.3) is 0 Å². The molecule has 1 rings (SSSR count). The van der Waals surface area contributed by atoms with Gasteiger partial charge in [0, 0.05) is 29.3 Å². The van der Waals surface area contributed by atoms with Gasteiger partial charge in [0.25, 0.3) is 5.91 Å². The molecule has 4 N–H and O–H groups in total. The smallest absolute Gasteiger partial charge is 0.251 e. The molecule has 0 saturated heterocycles. The summed E-state index contributed by atoms with van der Waals surface area (Å²) < 4.78 is 0. The molecule has 1 unspecified atom stereocenters. The Balaban J connectivity index is 0.00000400. The van der Waals surface area contributed by atoms with Crippen LogP contribution in [0.3, 0.4) is 0 Å². The average Bonchev–Trinajstić information content (AvgIpc) is 2.36. The van der Waals surface area contributed by atoms with E-state index in [1.807, 2.05) is 20.8 Å². The van der Waals surface area contributed by atoms with E-state index in [-0.39, 0.29) is 42.2 Å². The van der Waals surface area contributed by atoms with Gasteiger partial charge in [-0.25, -0.2) is 0 Å². The molecule has 21 heavy (non-hydrogen) atoms. The minimum atomic E-state index is -0.301. The number of benzene rings is 1. The van der Waals surface area contributed by atoms with Crippen LogP contribution >= 0.6 is 12.4 Å². The van der Waals surface area contributed by atoms with Crippen molar-refractivity contribution < 1.29 is 9.59 Å². The fourth-order valence-electron chi connectivity index (χ4n) is 1.52. The molecule has 118 valence electrons. The number of carbonyl (C=O) groups is 2. The summed E-state index contributed by atoms with van der Waals surface area (Å²) in [6.45, 7) is 7.79. The first-order valence-corrected chi connectivity index (χ1v) is 6.66. The Morgan fingerprint density at radius 3 is 2.43 bits per heavy atom. The maximum Gasteiger partial charge on any atom is 0.251 e. The van der Waals surface area contributed by atoms with Crippen molar-refractivity contribution in [1.29, 1.82) is 0 Å². The van der Waals surface area contributed by atoms with Crippen molar-refractivity contribution in [3.05, 3.63) is 29.8 Å². The van der Waals surface area contributed by atoms with Crippen molar-refractivity contribution >= 4 is 29.9 Å². The Labute approximate surface area is 132 Å². The number of carbonyl (C=O) groups excluding carboxylic acids is 2. The molecule has 1 aromatic carbocycles. The monoisotopic (exact) mass is 313 g/mol. The number of anilines is 1. The van der Waals surface area contributed by atoms with Gasteiger partial charge in [-0.3, -0.25) is 9.59 Å². The first-order valence-electron chi connectivity index (χ1n) is 6.66. The third-order valence-electron chi connectivity index (χ3n) is 2.68. The zero-order chi connectivity index (χ0) is 15.3. The number of nitrogens with two attached hydrogens (primary N) is 1. The van der Waals surface area contributed by atoms with Crippen LogP contribution in [0, 0.1) is 5.92 Å². The lowest BCUT2D eigenvalue weighted by Gasteiger charge is -2.20. The molecule has 0 fully saturated rings. The summed E-state index contributed by atoms with van der Waals surface area (Å²) in [6, 6.07) is 6.85. The van der Waals surface area contributed by atoms with E-state index in [0.29, 0.717) is 11.3 Å². The van der Waals surface area contributed by atoms with Crippen LogP contribution in [0.4, 0.5) is 5.69 Å². The molecule has 0 saturated carbocycles. The number of halogens is 1. The first-order chi connectivity index (χ1) is 9.23. The van der Waals surface area contributed by atoms with Crippen molar-refractivity contribution in [3.63, 3.8) is 0 Å². The molecule has 0 aliphatic heterocycles. The van der Waals surface area contributed by atoms with Gasteiger partial charge < -0.3 is 16.4 Å². The Morgan fingerprint density at radius 1 is 1.29 bits per heavy atom. The van der Waals surface area contributed by atoms with Crippen LogP contribution in [-0.2, 0) is 4.79 Å². The lowest BCUT2D eigenvalue weighted by Crippen LogP contribution is -2.40. The molecule has 0 spiro atoms. The number of nitrogens with one attached hydrogen (secondary N) is 2. The maximum absolute atomic E-state index is 12.0. The minimum Gasteiger partial charge on any atom is -0.347 e. The lowest BCUT2D eigenvalue weighted by atomic mass is 10.1. The molecule has 1 aromatic rings. The van der Waals surface area contributed by atoms with E-state index in [1.54, 1.807) is 31.2 Å². The molecule has 6 heteroatoms. The number of hydrogen-bond donors (Lipinski definition) is 3. The van der Waals surface area contributed by atoms with E-state index < -0.39 is 0 Å². The van der Waals surface area contributed by atoms with Crippen molar-refractivity contribution in [3.8, 4) is 0 Å². The highest BCUT2D eigenvalue weighted by Crippen LogP contribution is 2.13. The molecule has 0 bridgehead atoms. The van der Waals surface area contributed by atoms with Gasteiger partial charge in [-0.2, -0.15) is 0 Å². The van der Waals surface area contributed by atoms with Gasteiger partial charge in [0.05, 0.1) is 0 Å². The quantitative estimate of drug-likeness (QED) is 0.796. The van der Waals surface area contributed by atoms with Gasteiger partial charge in [0.1, 0.15) is 0 Å². The summed E-state index contributed by atoms with van der Waals surface area (Å²) in [5.41, 5.74) is 6.25. The zero-order valence-electron chi connectivity index (χ0n) is 12.9. The van der Waals surface area contributed by atoms with Crippen LogP contribution in [0.5, 0.6) is 0 Å². The van der Waals surface area contributed by atoms with Gasteiger partial charge >= 0.3 is 0 Å². The molecule has 0 radical (unpaired) electrons. The molecular weight excluding hydrogens is 290 g/mol. The van der Waals surface area contributed by atoms with Crippen molar-refractivity contribution in [2.24, 2.45) is 11.7 Å².